The molecule has 0 amide bonds. The Morgan fingerprint density at radius 2 is 2.20 bits per heavy atom. The van der Waals surface area contributed by atoms with Crippen molar-refractivity contribution in [3.05, 3.63) is 0 Å². The topological polar surface area (TPSA) is 38.3 Å². The molecule has 0 aromatic carbocycles. The van der Waals surface area contributed by atoms with E-state index in [4.69, 9.17) is 4.74 Å². The number of methoxy groups -OCH3 is 1. The fourth-order valence-corrected chi connectivity index (χ4v) is 1.78. The Morgan fingerprint density at radius 1 is 1.47 bits per heavy atom. The molecule has 3 nitrogen and oxygen atoms in total. The quantitative estimate of drug-likeness (QED) is 0.489. The minimum atomic E-state index is -0.132. The first kappa shape index (κ1) is 14.8. The second-order valence-electron chi connectivity index (χ2n) is 3.52. The summed E-state index contributed by atoms with van der Waals surface area (Å²) in [5.74, 6) is 1.00. The van der Waals surface area contributed by atoms with Crippen LogP contribution in [0.5, 0.6) is 0 Å². The molecule has 0 aliphatic rings. The van der Waals surface area contributed by atoms with Gasteiger partial charge < -0.3 is 10.1 Å². The SMILES string of the molecule is CCCCC(NCCCSC)C(=O)OC. The zero-order chi connectivity index (χ0) is 11.5. The number of carbonyl (C=O) groups excluding carboxylic acids is 1. The Balaban J connectivity index is 3.74. The summed E-state index contributed by atoms with van der Waals surface area (Å²) < 4.78 is 4.76. The highest BCUT2D eigenvalue weighted by Gasteiger charge is 2.16. The molecule has 0 aliphatic heterocycles. The van der Waals surface area contributed by atoms with E-state index >= 15 is 0 Å². The van der Waals surface area contributed by atoms with Crippen LogP contribution in [0.1, 0.15) is 32.6 Å². The highest BCUT2D eigenvalue weighted by atomic mass is 32.2. The predicted molar refractivity (Wildman–Crippen MR) is 66.3 cm³/mol. The smallest absolute Gasteiger partial charge is 0.322 e. The second kappa shape index (κ2) is 10.3. The third-order valence-corrected chi connectivity index (χ3v) is 2.94. The summed E-state index contributed by atoms with van der Waals surface area (Å²) in [6, 6.07) is -0.114. The lowest BCUT2D eigenvalue weighted by atomic mass is 10.1. The van der Waals surface area contributed by atoms with E-state index in [1.54, 1.807) is 0 Å². The molecule has 0 bridgehead atoms. The van der Waals surface area contributed by atoms with Gasteiger partial charge in [0.15, 0.2) is 0 Å². The van der Waals surface area contributed by atoms with E-state index in [-0.39, 0.29) is 12.0 Å². The summed E-state index contributed by atoms with van der Waals surface area (Å²) in [6.07, 6.45) is 6.24. The molecule has 90 valence electrons. The van der Waals surface area contributed by atoms with E-state index in [1.165, 1.54) is 7.11 Å². The van der Waals surface area contributed by atoms with E-state index in [2.05, 4.69) is 18.5 Å². The lowest BCUT2D eigenvalue weighted by Crippen LogP contribution is -2.38. The maximum Gasteiger partial charge on any atom is 0.322 e. The van der Waals surface area contributed by atoms with E-state index in [0.29, 0.717) is 0 Å². The van der Waals surface area contributed by atoms with Crippen molar-refractivity contribution in [3.8, 4) is 0 Å². The van der Waals surface area contributed by atoms with Crippen molar-refractivity contribution >= 4 is 17.7 Å². The monoisotopic (exact) mass is 233 g/mol. The molecule has 1 N–H and O–H groups in total. The Morgan fingerprint density at radius 3 is 2.73 bits per heavy atom. The number of unbranched alkanes of at least 4 members (excludes halogenated alkanes) is 1. The van der Waals surface area contributed by atoms with Gasteiger partial charge in [-0.3, -0.25) is 4.79 Å². The Labute approximate surface area is 97.3 Å². The van der Waals surface area contributed by atoms with E-state index in [9.17, 15) is 4.79 Å². The number of carbonyl (C=O) groups is 1. The number of nitrogens with one attached hydrogen (secondary N) is 1. The van der Waals surface area contributed by atoms with Crippen LogP contribution in [0.2, 0.25) is 0 Å². The summed E-state index contributed by atoms with van der Waals surface area (Å²) in [4.78, 5) is 11.4. The van der Waals surface area contributed by atoms with Crippen molar-refractivity contribution < 1.29 is 9.53 Å². The molecule has 4 heteroatoms. The van der Waals surface area contributed by atoms with E-state index < -0.39 is 0 Å². The number of thioether (sulfide) groups is 1. The van der Waals surface area contributed by atoms with Gasteiger partial charge in [-0.25, -0.2) is 0 Å². The molecular weight excluding hydrogens is 210 g/mol. The molecule has 1 atom stereocenters. The summed E-state index contributed by atoms with van der Waals surface area (Å²) in [6.45, 7) is 3.02. The molecule has 0 rings (SSSR count). The summed E-state index contributed by atoms with van der Waals surface area (Å²) in [7, 11) is 1.45. The molecule has 0 aromatic rings. The van der Waals surface area contributed by atoms with Gasteiger partial charge >= 0.3 is 5.97 Å². The van der Waals surface area contributed by atoms with Crippen LogP contribution < -0.4 is 5.32 Å². The van der Waals surface area contributed by atoms with Crippen LogP contribution in [-0.4, -0.2) is 37.7 Å². The Hall–Kier alpha value is -0.220. The number of hydrogen-bond donors (Lipinski definition) is 1. The fraction of sp³-hybridized carbons (Fsp3) is 0.909. The van der Waals surface area contributed by atoms with Gasteiger partial charge in [0.05, 0.1) is 7.11 Å². The maximum absolute atomic E-state index is 11.4. The van der Waals surface area contributed by atoms with Gasteiger partial charge in [0.2, 0.25) is 0 Å². The predicted octanol–water partition coefficient (Wildman–Crippen LogP) is 2.06. The molecule has 0 heterocycles. The number of esters is 1. The van der Waals surface area contributed by atoms with Crippen LogP contribution in [0.15, 0.2) is 0 Å². The Bertz CT molecular complexity index is 165. The number of hydrogen-bond acceptors (Lipinski definition) is 4. The van der Waals surface area contributed by atoms with Crippen LogP contribution in [0.25, 0.3) is 0 Å². The van der Waals surface area contributed by atoms with Crippen molar-refractivity contribution in [2.24, 2.45) is 0 Å². The molecule has 0 saturated heterocycles. The lowest BCUT2D eigenvalue weighted by molar-refractivity contribution is -0.143. The van der Waals surface area contributed by atoms with Crippen molar-refractivity contribution in [2.75, 3.05) is 25.7 Å². The molecule has 0 fully saturated rings. The first-order chi connectivity index (χ1) is 7.26. The first-order valence-electron chi connectivity index (χ1n) is 5.56. The van der Waals surface area contributed by atoms with Gasteiger partial charge in [0.1, 0.15) is 6.04 Å². The first-order valence-corrected chi connectivity index (χ1v) is 6.95. The zero-order valence-electron chi connectivity index (χ0n) is 10.0. The van der Waals surface area contributed by atoms with Crippen LogP contribution in [0.3, 0.4) is 0 Å². The van der Waals surface area contributed by atoms with Crippen molar-refractivity contribution in [3.63, 3.8) is 0 Å². The Kier molecular flexibility index (Phi) is 10.2. The van der Waals surface area contributed by atoms with Crippen molar-refractivity contribution in [2.45, 2.75) is 38.6 Å². The van der Waals surface area contributed by atoms with E-state index in [0.717, 1.165) is 38.0 Å². The van der Waals surface area contributed by atoms with Gasteiger partial charge in [-0.15, -0.1) is 0 Å². The standard InChI is InChI=1S/C11H23NO2S/c1-4-5-7-10(11(13)14-2)12-8-6-9-15-3/h10,12H,4-9H2,1-3H3. The zero-order valence-corrected chi connectivity index (χ0v) is 10.9. The highest BCUT2D eigenvalue weighted by Crippen LogP contribution is 2.03. The number of ether oxygens (including phenoxy) is 1. The fourth-order valence-electron chi connectivity index (χ4n) is 1.35. The molecular formula is C11H23NO2S. The van der Waals surface area contributed by atoms with Crippen molar-refractivity contribution in [1.29, 1.82) is 0 Å². The molecule has 0 saturated carbocycles. The third kappa shape index (κ3) is 7.68. The van der Waals surface area contributed by atoms with Gasteiger partial charge in [-0.05, 0) is 31.4 Å². The maximum atomic E-state index is 11.4. The summed E-state index contributed by atoms with van der Waals surface area (Å²) >= 11 is 1.83. The largest absolute Gasteiger partial charge is 0.468 e. The molecule has 15 heavy (non-hydrogen) atoms. The summed E-state index contributed by atoms with van der Waals surface area (Å²) in [5.41, 5.74) is 0. The van der Waals surface area contributed by atoms with Gasteiger partial charge in [0.25, 0.3) is 0 Å². The van der Waals surface area contributed by atoms with Gasteiger partial charge in [0, 0.05) is 0 Å². The van der Waals surface area contributed by atoms with Crippen LogP contribution >= 0.6 is 11.8 Å². The molecule has 0 radical (unpaired) electrons. The minimum absolute atomic E-state index is 0.114. The van der Waals surface area contributed by atoms with Gasteiger partial charge in [-0.1, -0.05) is 19.8 Å². The molecule has 1 unspecified atom stereocenters. The van der Waals surface area contributed by atoms with Gasteiger partial charge in [-0.2, -0.15) is 11.8 Å². The minimum Gasteiger partial charge on any atom is -0.468 e. The third-order valence-electron chi connectivity index (χ3n) is 2.25. The highest BCUT2D eigenvalue weighted by molar-refractivity contribution is 7.98. The molecule has 0 aliphatic carbocycles. The van der Waals surface area contributed by atoms with Crippen molar-refractivity contribution in [1.82, 2.24) is 5.32 Å². The normalized spacial score (nSPS) is 12.5. The van der Waals surface area contributed by atoms with Crippen LogP contribution in [0.4, 0.5) is 0 Å². The van der Waals surface area contributed by atoms with E-state index in [1.807, 2.05) is 11.8 Å². The summed E-state index contributed by atoms with van der Waals surface area (Å²) in [5, 5.41) is 3.25. The lowest BCUT2D eigenvalue weighted by Gasteiger charge is -2.15. The second-order valence-corrected chi connectivity index (χ2v) is 4.50. The van der Waals surface area contributed by atoms with Crippen LogP contribution in [0, 0.1) is 0 Å². The van der Waals surface area contributed by atoms with Crippen LogP contribution in [-0.2, 0) is 9.53 Å². The average molecular weight is 233 g/mol. The number of rotatable bonds is 9. The molecule has 0 aromatic heterocycles. The average Bonchev–Trinajstić information content (AvgIpc) is 2.27. The molecule has 0 spiro atoms.